The Morgan fingerprint density at radius 1 is 1.87 bits per heavy atom. The quantitative estimate of drug-likeness (QED) is 0.614. The standard InChI is InChI=1S/C9H16N2O4/c1-5-4-6(15-11-5)9(2,13)7(10)8(12)14-3/h6-7,13H,4,10H2,1-3H3/t6-,7+,9+/m0/s1. The largest absolute Gasteiger partial charge is 0.468 e. The minimum absolute atomic E-state index is 0.456. The van der Waals surface area contributed by atoms with E-state index >= 15 is 0 Å². The predicted molar refractivity (Wildman–Crippen MR) is 53.2 cm³/mol. The van der Waals surface area contributed by atoms with Crippen molar-refractivity contribution < 1.29 is 19.5 Å². The number of nitrogens with zero attached hydrogens (tertiary/aromatic N) is 1. The van der Waals surface area contributed by atoms with Crippen LogP contribution in [-0.4, -0.2) is 41.6 Å². The van der Waals surface area contributed by atoms with E-state index in [9.17, 15) is 9.90 Å². The summed E-state index contributed by atoms with van der Waals surface area (Å²) in [5.41, 5.74) is 4.85. The lowest BCUT2D eigenvalue weighted by atomic mass is 9.88. The number of carbonyl (C=O) groups is 1. The van der Waals surface area contributed by atoms with Crippen molar-refractivity contribution in [1.29, 1.82) is 0 Å². The molecule has 0 amide bonds. The highest BCUT2D eigenvalue weighted by Gasteiger charge is 2.46. The number of rotatable bonds is 3. The van der Waals surface area contributed by atoms with Gasteiger partial charge >= 0.3 is 5.97 Å². The van der Waals surface area contributed by atoms with Crippen molar-refractivity contribution >= 4 is 11.7 Å². The van der Waals surface area contributed by atoms with E-state index in [0.29, 0.717) is 6.42 Å². The fourth-order valence-corrected chi connectivity index (χ4v) is 1.38. The molecule has 0 aromatic rings. The topological polar surface area (TPSA) is 94.1 Å². The number of nitrogens with two attached hydrogens (primary N) is 1. The molecule has 1 aliphatic rings. The van der Waals surface area contributed by atoms with Crippen LogP contribution in [0.1, 0.15) is 20.3 Å². The summed E-state index contributed by atoms with van der Waals surface area (Å²) in [6, 6.07) is -1.14. The molecule has 15 heavy (non-hydrogen) atoms. The number of hydrogen-bond donors (Lipinski definition) is 2. The summed E-state index contributed by atoms with van der Waals surface area (Å²) < 4.78 is 4.47. The summed E-state index contributed by atoms with van der Waals surface area (Å²) in [6.07, 6.45) is -0.149. The van der Waals surface area contributed by atoms with Gasteiger partial charge in [-0.05, 0) is 13.8 Å². The molecule has 0 aliphatic carbocycles. The van der Waals surface area contributed by atoms with Gasteiger partial charge in [0, 0.05) is 6.42 Å². The number of carbonyl (C=O) groups excluding carboxylic acids is 1. The molecule has 6 nitrogen and oxygen atoms in total. The highest BCUT2D eigenvalue weighted by Crippen LogP contribution is 2.25. The Balaban J connectivity index is 2.70. The van der Waals surface area contributed by atoms with E-state index in [2.05, 4.69) is 9.89 Å². The smallest absolute Gasteiger partial charge is 0.325 e. The summed E-state index contributed by atoms with van der Waals surface area (Å²) in [7, 11) is 1.22. The molecule has 0 saturated heterocycles. The fourth-order valence-electron chi connectivity index (χ4n) is 1.38. The first-order chi connectivity index (χ1) is 6.89. The number of hydrogen-bond acceptors (Lipinski definition) is 6. The molecule has 0 spiro atoms. The van der Waals surface area contributed by atoms with E-state index in [0.717, 1.165) is 5.71 Å². The van der Waals surface area contributed by atoms with E-state index in [1.165, 1.54) is 14.0 Å². The molecule has 3 N–H and O–H groups in total. The van der Waals surface area contributed by atoms with Crippen LogP contribution in [0, 0.1) is 0 Å². The lowest BCUT2D eigenvalue weighted by molar-refractivity contribution is -0.157. The third-order valence-electron chi connectivity index (χ3n) is 2.55. The maximum absolute atomic E-state index is 11.2. The van der Waals surface area contributed by atoms with Crippen molar-refractivity contribution in [3.05, 3.63) is 0 Å². The maximum atomic E-state index is 11.2. The van der Waals surface area contributed by atoms with E-state index in [1.54, 1.807) is 6.92 Å². The van der Waals surface area contributed by atoms with Crippen LogP contribution in [0.3, 0.4) is 0 Å². The van der Waals surface area contributed by atoms with Gasteiger partial charge < -0.3 is 20.4 Å². The molecule has 6 heteroatoms. The van der Waals surface area contributed by atoms with Gasteiger partial charge in [0.15, 0.2) is 6.10 Å². The maximum Gasteiger partial charge on any atom is 0.325 e. The molecule has 0 radical (unpaired) electrons. The summed E-state index contributed by atoms with van der Waals surface area (Å²) in [5, 5.41) is 13.8. The van der Waals surface area contributed by atoms with Crippen LogP contribution < -0.4 is 5.73 Å². The zero-order chi connectivity index (χ0) is 11.6. The van der Waals surface area contributed by atoms with Gasteiger partial charge in [0.25, 0.3) is 0 Å². The van der Waals surface area contributed by atoms with E-state index in [1.807, 2.05) is 0 Å². The first-order valence-electron chi connectivity index (χ1n) is 4.64. The van der Waals surface area contributed by atoms with Crippen molar-refractivity contribution in [2.24, 2.45) is 10.9 Å². The number of ether oxygens (including phenoxy) is 1. The zero-order valence-electron chi connectivity index (χ0n) is 9.06. The second-order valence-electron chi connectivity index (χ2n) is 3.85. The molecule has 0 saturated carbocycles. The Labute approximate surface area is 88.0 Å². The van der Waals surface area contributed by atoms with E-state index in [-0.39, 0.29) is 0 Å². The van der Waals surface area contributed by atoms with Crippen molar-refractivity contribution in [1.82, 2.24) is 0 Å². The lowest BCUT2D eigenvalue weighted by Crippen LogP contribution is -2.58. The monoisotopic (exact) mass is 216 g/mol. The molecular weight excluding hydrogens is 200 g/mol. The second kappa shape index (κ2) is 4.16. The minimum atomic E-state index is -1.49. The average molecular weight is 216 g/mol. The van der Waals surface area contributed by atoms with Gasteiger partial charge in [-0.1, -0.05) is 5.16 Å². The fraction of sp³-hybridized carbons (Fsp3) is 0.778. The third kappa shape index (κ3) is 2.27. The highest BCUT2D eigenvalue weighted by molar-refractivity contribution is 5.83. The van der Waals surface area contributed by atoms with Crippen LogP contribution in [0.25, 0.3) is 0 Å². The molecule has 0 unspecified atom stereocenters. The summed E-state index contributed by atoms with van der Waals surface area (Å²) in [6.45, 7) is 3.22. The van der Waals surface area contributed by atoms with Crippen LogP contribution in [0.2, 0.25) is 0 Å². The molecule has 0 bridgehead atoms. The Bertz CT molecular complexity index is 288. The minimum Gasteiger partial charge on any atom is -0.468 e. The Morgan fingerprint density at radius 3 is 2.87 bits per heavy atom. The normalized spacial score (nSPS) is 26.2. The molecule has 3 atom stereocenters. The zero-order valence-corrected chi connectivity index (χ0v) is 9.06. The molecule has 1 aliphatic heterocycles. The van der Waals surface area contributed by atoms with Crippen LogP contribution in [0.4, 0.5) is 0 Å². The number of aliphatic hydroxyl groups is 1. The van der Waals surface area contributed by atoms with E-state index in [4.69, 9.17) is 10.6 Å². The average Bonchev–Trinajstić information content (AvgIpc) is 2.63. The van der Waals surface area contributed by atoms with Gasteiger partial charge in [-0.2, -0.15) is 0 Å². The molecule has 0 fully saturated rings. The summed E-state index contributed by atoms with van der Waals surface area (Å²) in [4.78, 5) is 16.2. The summed E-state index contributed by atoms with van der Waals surface area (Å²) >= 11 is 0. The Kier molecular flexibility index (Phi) is 3.31. The SMILES string of the molecule is COC(=O)[C@@H](N)[C@](C)(O)[C@@H]1CC(C)=NO1. The molecule has 86 valence electrons. The molecule has 0 aromatic heterocycles. The highest BCUT2D eigenvalue weighted by atomic mass is 16.7. The molecule has 1 rings (SSSR count). The first kappa shape index (κ1) is 11.9. The molecule has 1 heterocycles. The van der Waals surface area contributed by atoms with Gasteiger partial charge in [-0.25, -0.2) is 0 Å². The van der Waals surface area contributed by atoms with E-state index < -0.39 is 23.7 Å². The van der Waals surface area contributed by atoms with Crippen molar-refractivity contribution in [2.75, 3.05) is 7.11 Å². The third-order valence-corrected chi connectivity index (χ3v) is 2.55. The van der Waals surface area contributed by atoms with Crippen LogP contribution in [-0.2, 0) is 14.4 Å². The lowest BCUT2D eigenvalue weighted by Gasteiger charge is -2.31. The van der Waals surface area contributed by atoms with Crippen molar-refractivity contribution in [3.8, 4) is 0 Å². The van der Waals surface area contributed by atoms with Crippen LogP contribution in [0.15, 0.2) is 5.16 Å². The van der Waals surface area contributed by atoms with Gasteiger partial charge in [0.1, 0.15) is 11.6 Å². The molecular formula is C9H16N2O4. The second-order valence-corrected chi connectivity index (χ2v) is 3.85. The number of esters is 1. The van der Waals surface area contributed by atoms with Gasteiger partial charge in [0.2, 0.25) is 0 Å². The Hall–Kier alpha value is -1.14. The number of oxime groups is 1. The van der Waals surface area contributed by atoms with Crippen LogP contribution in [0.5, 0.6) is 0 Å². The van der Waals surface area contributed by atoms with Gasteiger partial charge in [-0.3, -0.25) is 4.79 Å². The predicted octanol–water partition coefficient (Wildman–Crippen LogP) is -0.598. The van der Waals surface area contributed by atoms with Crippen molar-refractivity contribution in [3.63, 3.8) is 0 Å². The summed E-state index contributed by atoms with van der Waals surface area (Å²) in [5.74, 6) is -0.673. The van der Waals surface area contributed by atoms with Crippen LogP contribution >= 0.6 is 0 Å². The number of methoxy groups -OCH3 is 1. The van der Waals surface area contributed by atoms with Gasteiger partial charge in [0.05, 0.1) is 12.8 Å². The van der Waals surface area contributed by atoms with Crippen molar-refractivity contribution in [2.45, 2.75) is 38.0 Å². The Morgan fingerprint density at radius 2 is 2.47 bits per heavy atom. The molecule has 0 aromatic carbocycles. The first-order valence-corrected chi connectivity index (χ1v) is 4.64. The van der Waals surface area contributed by atoms with Gasteiger partial charge in [-0.15, -0.1) is 0 Å².